The molecule has 96 valence electrons. The minimum absolute atomic E-state index is 0.0165. The summed E-state index contributed by atoms with van der Waals surface area (Å²) < 4.78 is 95.3. The van der Waals surface area contributed by atoms with E-state index in [4.69, 9.17) is 19.5 Å². The second-order valence-corrected chi connectivity index (χ2v) is 4.74. The number of furan rings is 1. The van der Waals surface area contributed by atoms with Gasteiger partial charge in [-0.3, -0.25) is 0 Å². The van der Waals surface area contributed by atoms with Crippen LogP contribution < -0.4 is 0 Å². The van der Waals surface area contributed by atoms with Gasteiger partial charge < -0.3 is 4.42 Å². The lowest BCUT2D eigenvalue weighted by molar-refractivity contribution is 0.670. The van der Waals surface area contributed by atoms with E-state index in [0.29, 0.717) is 0 Å². The first-order valence-corrected chi connectivity index (χ1v) is 6.39. The summed E-state index contributed by atoms with van der Waals surface area (Å²) in [5.41, 5.74) is -1.10. The summed E-state index contributed by atoms with van der Waals surface area (Å²) >= 11 is 3.06. The molecule has 0 aliphatic heterocycles. The maximum Gasteiger partial charge on any atom is 0.143 e. The molecule has 1 heterocycles. The third-order valence-corrected chi connectivity index (χ3v) is 3.18. The molecule has 0 spiro atoms. The van der Waals surface area contributed by atoms with Gasteiger partial charge in [-0.2, -0.15) is 0 Å². The van der Waals surface area contributed by atoms with Crippen LogP contribution in [0, 0.1) is 0 Å². The molecule has 0 N–H and O–H groups in total. The molecule has 0 saturated carbocycles. The van der Waals surface area contributed by atoms with Gasteiger partial charge in [0.05, 0.1) is 15.1 Å². The third-order valence-electron chi connectivity index (χ3n) is 2.78. The Morgan fingerprint density at radius 1 is 0.850 bits per heavy atom. The Morgan fingerprint density at radius 3 is 2.55 bits per heavy atom. The van der Waals surface area contributed by atoms with E-state index in [0.717, 1.165) is 0 Å². The van der Waals surface area contributed by atoms with Crippen molar-refractivity contribution in [1.29, 1.82) is 0 Å². The molecular weight excluding hydrogens is 312 g/mol. The largest absolute Gasteiger partial charge is 0.455 e. The van der Waals surface area contributed by atoms with Gasteiger partial charge in [0.15, 0.2) is 0 Å². The number of benzene rings is 3. The van der Waals surface area contributed by atoms with Gasteiger partial charge in [-0.15, -0.1) is 0 Å². The molecule has 4 aromatic rings. The van der Waals surface area contributed by atoms with Gasteiger partial charge in [0.25, 0.3) is 0 Å². The Balaban J connectivity index is 2.36. The Morgan fingerprint density at radius 2 is 1.70 bits per heavy atom. The highest BCUT2D eigenvalue weighted by Crippen LogP contribution is 2.36. The van der Waals surface area contributed by atoms with Gasteiger partial charge in [-0.1, -0.05) is 64.3 Å². The highest BCUT2D eigenvalue weighted by atomic mass is 79.9. The summed E-state index contributed by atoms with van der Waals surface area (Å²) in [6.45, 7) is 0. The SMILES string of the molecule is [2H]c1c([2H])c([2H])c(-c2c([2H])c([2H])c([2H])c3c2oc2c([2H])c(Br)c([2H])c([2H])c23)c([2H])c1[2H]. The van der Waals surface area contributed by atoms with Crippen LogP contribution in [0.5, 0.6) is 0 Å². The predicted molar refractivity (Wildman–Crippen MR) is 86.9 cm³/mol. The van der Waals surface area contributed by atoms with Crippen LogP contribution >= 0.6 is 15.9 Å². The van der Waals surface area contributed by atoms with Crippen LogP contribution in [-0.4, -0.2) is 0 Å². The summed E-state index contributed by atoms with van der Waals surface area (Å²) in [4.78, 5) is 0. The molecule has 0 aliphatic carbocycles. The summed E-state index contributed by atoms with van der Waals surface area (Å²) in [5.74, 6) is 0. The Labute approximate surface area is 140 Å². The number of hydrogen-bond donors (Lipinski definition) is 0. The van der Waals surface area contributed by atoms with E-state index in [1.54, 1.807) is 0 Å². The Bertz CT molecular complexity index is 1430. The van der Waals surface area contributed by atoms with E-state index in [1.807, 2.05) is 0 Å². The summed E-state index contributed by atoms with van der Waals surface area (Å²) in [7, 11) is 0. The lowest BCUT2D eigenvalue weighted by atomic mass is 10.0. The first-order valence-electron chi connectivity index (χ1n) is 11.1. The lowest BCUT2D eigenvalue weighted by Crippen LogP contribution is -1.77. The van der Waals surface area contributed by atoms with Crippen molar-refractivity contribution in [3.63, 3.8) is 0 Å². The van der Waals surface area contributed by atoms with Crippen molar-refractivity contribution in [2.75, 3.05) is 0 Å². The minimum atomic E-state index is -0.639. The highest BCUT2D eigenvalue weighted by molar-refractivity contribution is 9.10. The van der Waals surface area contributed by atoms with E-state index in [-0.39, 0.29) is 55.7 Å². The van der Waals surface area contributed by atoms with Gasteiger partial charge in [-0.05, 0) is 23.7 Å². The number of para-hydroxylation sites is 1. The molecule has 0 amide bonds. The van der Waals surface area contributed by atoms with Gasteiger partial charge >= 0.3 is 0 Å². The monoisotopic (exact) mass is 333 g/mol. The summed E-state index contributed by atoms with van der Waals surface area (Å²) in [6, 6.07) is -5.77. The van der Waals surface area contributed by atoms with Crippen LogP contribution in [0.1, 0.15) is 15.1 Å². The van der Waals surface area contributed by atoms with Crippen LogP contribution in [0.25, 0.3) is 33.1 Å². The average molecular weight is 334 g/mol. The van der Waals surface area contributed by atoms with Crippen molar-refractivity contribution in [2.45, 2.75) is 0 Å². The molecule has 0 unspecified atom stereocenters. The summed E-state index contributed by atoms with van der Waals surface area (Å²) in [6.07, 6.45) is 0. The lowest BCUT2D eigenvalue weighted by Gasteiger charge is -2.01. The van der Waals surface area contributed by atoms with Crippen molar-refractivity contribution < 1.29 is 19.5 Å². The molecule has 0 fully saturated rings. The van der Waals surface area contributed by atoms with Gasteiger partial charge in [0, 0.05) is 20.8 Å². The van der Waals surface area contributed by atoms with Crippen molar-refractivity contribution in [3.05, 3.63) is 70.9 Å². The quantitative estimate of drug-likeness (QED) is 0.415. The van der Waals surface area contributed by atoms with E-state index >= 15 is 0 Å². The normalized spacial score (nSPS) is 18.9. The van der Waals surface area contributed by atoms with Crippen LogP contribution in [0.2, 0.25) is 0 Å². The molecule has 3 aromatic carbocycles. The number of halogens is 1. The molecule has 0 aliphatic rings. The van der Waals surface area contributed by atoms with Gasteiger partial charge in [-0.25, -0.2) is 0 Å². The van der Waals surface area contributed by atoms with Crippen molar-refractivity contribution in [2.24, 2.45) is 0 Å². The molecule has 1 aromatic heterocycles. The maximum atomic E-state index is 8.37. The van der Waals surface area contributed by atoms with Gasteiger partial charge in [0.1, 0.15) is 11.2 Å². The zero-order valence-electron chi connectivity index (χ0n) is 20.8. The molecule has 0 radical (unpaired) electrons. The van der Waals surface area contributed by atoms with Crippen molar-refractivity contribution in [3.8, 4) is 11.1 Å². The molecule has 4 rings (SSSR count). The van der Waals surface area contributed by atoms with E-state index in [9.17, 15) is 0 Å². The topological polar surface area (TPSA) is 13.1 Å². The van der Waals surface area contributed by atoms with E-state index in [2.05, 4.69) is 15.9 Å². The predicted octanol–water partition coefficient (Wildman–Crippen LogP) is 6.02. The fourth-order valence-electron chi connectivity index (χ4n) is 1.95. The van der Waals surface area contributed by atoms with E-state index < -0.39 is 48.3 Å². The van der Waals surface area contributed by atoms with Crippen molar-refractivity contribution >= 4 is 37.9 Å². The average Bonchev–Trinajstić information content (AvgIpc) is 3.14. The second-order valence-electron chi connectivity index (χ2n) is 3.95. The zero-order valence-corrected chi connectivity index (χ0v) is 11.4. The highest BCUT2D eigenvalue weighted by Gasteiger charge is 2.11. The minimum Gasteiger partial charge on any atom is -0.455 e. The molecule has 2 heteroatoms. The maximum absolute atomic E-state index is 8.37. The first kappa shape index (κ1) is 5.05. The standard InChI is InChI=1S/C18H11BrO/c19-13-9-10-15-16-8-4-7-14(12-5-2-1-3-6-12)18(16)20-17(15)11-13/h1-11H/i1D,2D,3D,4D,5D,6D,7D,8D,9D,10D,11D. The second kappa shape index (κ2) is 4.50. The fraction of sp³-hybridized carbons (Fsp3) is 0. The van der Waals surface area contributed by atoms with Crippen LogP contribution in [0.3, 0.4) is 0 Å². The molecule has 1 nitrogen and oxygen atoms in total. The molecular formula is C18H11BrO. The Kier molecular flexibility index (Phi) is 1.13. The van der Waals surface area contributed by atoms with E-state index in [1.165, 1.54) is 0 Å². The van der Waals surface area contributed by atoms with Crippen LogP contribution in [0.15, 0.2) is 75.4 Å². The molecule has 20 heavy (non-hydrogen) atoms. The van der Waals surface area contributed by atoms with Crippen LogP contribution in [0.4, 0.5) is 0 Å². The molecule has 0 saturated heterocycles. The number of rotatable bonds is 1. The smallest absolute Gasteiger partial charge is 0.143 e. The molecule has 0 bridgehead atoms. The number of fused-ring (bicyclic) bond motifs is 3. The Hall–Kier alpha value is -2.06. The fourth-order valence-corrected chi connectivity index (χ4v) is 2.23. The van der Waals surface area contributed by atoms with Gasteiger partial charge in [0.2, 0.25) is 0 Å². The first-order chi connectivity index (χ1) is 14.4. The summed E-state index contributed by atoms with van der Waals surface area (Å²) in [5, 5.41) is -0.211. The third kappa shape index (κ3) is 1.76. The number of hydrogen-bond acceptors (Lipinski definition) is 1. The van der Waals surface area contributed by atoms with Crippen molar-refractivity contribution in [1.82, 2.24) is 0 Å². The molecule has 0 atom stereocenters. The van der Waals surface area contributed by atoms with Crippen LogP contribution in [-0.2, 0) is 0 Å². The zero-order chi connectivity index (χ0) is 23.1.